The second kappa shape index (κ2) is 2.96. The summed E-state index contributed by atoms with van der Waals surface area (Å²) in [5, 5.41) is 1.04. The van der Waals surface area contributed by atoms with Gasteiger partial charge >= 0.3 is 0 Å². The minimum absolute atomic E-state index is 0.360. The summed E-state index contributed by atoms with van der Waals surface area (Å²) in [7, 11) is 0. The molecule has 13 heavy (non-hydrogen) atoms. The molecule has 3 fully saturated rings. The summed E-state index contributed by atoms with van der Waals surface area (Å²) in [5.41, 5.74) is 0.360. The zero-order chi connectivity index (χ0) is 8.89. The van der Waals surface area contributed by atoms with Crippen LogP contribution in [0.2, 0.25) is 0 Å². The van der Waals surface area contributed by atoms with E-state index in [-0.39, 0.29) is 0 Å². The fourth-order valence-corrected chi connectivity index (χ4v) is 3.46. The molecule has 0 aromatic heterocycles. The van der Waals surface area contributed by atoms with E-state index < -0.39 is 0 Å². The van der Waals surface area contributed by atoms with Gasteiger partial charge in [-0.05, 0) is 50.4 Å². The molecule has 3 rings (SSSR count). The van der Waals surface area contributed by atoms with Crippen molar-refractivity contribution in [1.29, 1.82) is 0 Å². The topological polar surface area (TPSA) is 9.23 Å². The second-order valence-corrected chi connectivity index (χ2v) is 5.58. The van der Waals surface area contributed by atoms with E-state index in [1.54, 1.807) is 0 Å². The molecule has 0 amide bonds. The summed E-state index contributed by atoms with van der Waals surface area (Å²) in [6.07, 6.45) is 8.89. The molecule has 0 aromatic carbocycles. The minimum Gasteiger partial charge on any atom is -0.370 e. The molecule has 1 atom stereocenters. The van der Waals surface area contributed by atoms with Gasteiger partial charge < -0.3 is 4.74 Å². The van der Waals surface area contributed by atoms with Crippen molar-refractivity contribution in [3.05, 3.63) is 0 Å². The zero-order valence-corrected chi connectivity index (χ0v) is 9.55. The minimum atomic E-state index is 0.360. The molecule has 1 heterocycles. The maximum absolute atomic E-state index is 6.30. The van der Waals surface area contributed by atoms with Crippen LogP contribution >= 0.6 is 15.9 Å². The summed E-state index contributed by atoms with van der Waals surface area (Å²) < 4.78 is 6.30. The Hall–Kier alpha value is 0.440. The first-order valence-electron chi connectivity index (χ1n) is 5.59. The quantitative estimate of drug-likeness (QED) is 0.694. The van der Waals surface area contributed by atoms with Gasteiger partial charge in [-0.25, -0.2) is 0 Å². The van der Waals surface area contributed by atoms with Gasteiger partial charge in [-0.1, -0.05) is 15.9 Å². The van der Waals surface area contributed by atoms with Gasteiger partial charge in [-0.15, -0.1) is 0 Å². The average Bonchev–Trinajstić information content (AvgIpc) is 3.02. The Morgan fingerprint density at radius 3 is 2.08 bits per heavy atom. The highest BCUT2D eigenvalue weighted by atomic mass is 79.9. The third kappa shape index (κ3) is 1.37. The highest BCUT2D eigenvalue weighted by molar-refractivity contribution is 9.09. The lowest BCUT2D eigenvalue weighted by molar-refractivity contribution is -0.0637. The van der Waals surface area contributed by atoms with E-state index >= 15 is 0 Å². The van der Waals surface area contributed by atoms with Crippen LogP contribution in [-0.4, -0.2) is 17.0 Å². The normalized spacial score (nSPS) is 38.1. The van der Waals surface area contributed by atoms with E-state index in [1.165, 1.54) is 38.5 Å². The maximum Gasteiger partial charge on any atom is 0.0743 e. The fourth-order valence-electron chi connectivity index (χ4n) is 3.00. The Labute approximate surface area is 88.4 Å². The molecular weight excluding hydrogens is 228 g/mol. The van der Waals surface area contributed by atoms with Gasteiger partial charge in [0, 0.05) is 5.33 Å². The molecule has 3 aliphatic rings. The van der Waals surface area contributed by atoms with Gasteiger partial charge in [0.15, 0.2) is 0 Å². The number of hydrogen-bond acceptors (Lipinski definition) is 1. The summed E-state index contributed by atoms with van der Waals surface area (Å²) in [4.78, 5) is 0. The third-order valence-corrected chi connectivity index (χ3v) is 4.67. The van der Waals surface area contributed by atoms with Crippen LogP contribution < -0.4 is 0 Å². The summed E-state index contributed by atoms with van der Waals surface area (Å²) in [6, 6.07) is 0. The fraction of sp³-hybridized carbons (Fsp3) is 1.00. The summed E-state index contributed by atoms with van der Waals surface area (Å²) in [6.45, 7) is 0. The average molecular weight is 245 g/mol. The smallest absolute Gasteiger partial charge is 0.0743 e. The molecular formula is C11H17BrO. The maximum atomic E-state index is 6.30. The SMILES string of the molecule is BrCC1CCC(C2CC2)(C2CC2)O1. The van der Waals surface area contributed by atoms with E-state index in [4.69, 9.17) is 4.74 Å². The van der Waals surface area contributed by atoms with E-state index in [0.29, 0.717) is 11.7 Å². The van der Waals surface area contributed by atoms with Gasteiger partial charge in [0.2, 0.25) is 0 Å². The largest absolute Gasteiger partial charge is 0.370 e. The molecule has 0 bridgehead atoms. The van der Waals surface area contributed by atoms with Gasteiger partial charge in [0.25, 0.3) is 0 Å². The van der Waals surface area contributed by atoms with Crippen LogP contribution in [0.5, 0.6) is 0 Å². The predicted molar refractivity (Wildman–Crippen MR) is 56.1 cm³/mol. The Balaban J connectivity index is 1.76. The standard InChI is InChI=1S/C11H17BrO/c12-7-10-5-6-11(13-10,8-1-2-8)9-3-4-9/h8-10H,1-7H2. The van der Waals surface area contributed by atoms with Crippen LogP contribution in [0.4, 0.5) is 0 Å². The first-order valence-corrected chi connectivity index (χ1v) is 6.71. The lowest BCUT2D eigenvalue weighted by Crippen LogP contribution is -2.34. The van der Waals surface area contributed by atoms with E-state index in [2.05, 4.69) is 15.9 Å². The molecule has 1 unspecified atom stereocenters. The predicted octanol–water partition coefficient (Wildman–Crippen LogP) is 3.12. The summed E-state index contributed by atoms with van der Waals surface area (Å²) >= 11 is 3.54. The molecule has 1 nitrogen and oxygen atoms in total. The van der Waals surface area contributed by atoms with Gasteiger partial charge in [-0.3, -0.25) is 0 Å². The first-order chi connectivity index (χ1) is 6.35. The number of alkyl halides is 1. The Morgan fingerprint density at radius 1 is 1.08 bits per heavy atom. The van der Waals surface area contributed by atoms with Crippen LogP contribution in [-0.2, 0) is 4.74 Å². The highest BCUT2D eigenvalue weighted by Gasteiger charge is 2.58. The molecule has 74 valence electrons. The molecule has 1 saturated heterocycles. The van der Waals surface area contributed by atoms with Gasteiger partial charge in [0.05, 0.1) is 11.7 Å². The van der Waals surface area contributed by atoms with E-state index in [1.807, 2.05) is 0 Å². The molecule has 2 aliphatic carbocycles. The van der Waals surface area contributed by atoms with Gasteiger partial charge in [0.1, 0.15) is 0 Å². The molecule has 0 radical (unpaired) electrons. The van der Waals surface area contributed by atoms with Crippen LogP contribution in [0.25, 0.3) is 0 Å². The van der Waals surface area contributed by atoms with Crippen molar-refractivity contribution in [2.45, 2.75) is 50.2 Å². The number of rotatable bonds is 3. The molecule has 0 N–H and O–H groups in total. The van der Waals surface area contributed by atoms with Crippen molar-refractivity contribution in [1.82, 2.24) is 0 Å². The lowest BCUT2D eigenvalue weighted by Gasteiger charge is -2.29. The van der Waals surface area contributed by atoms with Crippen molar-refractivity contribution in [2.24, 2.45) is 11.8 Å². The molecule has 1 aliphatic heterocycles. The molecule has 2 saturated carbocycles. The number of halogens is 1. The molecule has 0 spiro atoms. The monoisotopic (exact) mass is 244 g/mol. The van der Waals surface area contributed by atoms with E-state index in [9.17, 15) is 0 Å². The summed E-state index contributed by atoms with van der Waals surface area (Å²) in [5.74, 6) is 1.87. The highest BCUT2D eigenvalue weighted by Crippen LogP contribution is 2.59. The van der Waals surface area contributed by atoms with Crippen LogP contribution in [0.15, 0.2) is 0 Å². The van der Waals surface area contributed by atoms with E-state index in [0.717, 1.165) is 17.2 Å². The van der Waals surface area contributed by atoms with Crippen molar-refractivity contribution in [3.63, 3.8) is 0 Å². The first kappa shape index (κ1) is 8.72. The molecule has 0 aromatic rings. The Bertz CT molecular complexity index is 196. The lowest BCUT2D eigenvalue weighted by atomic mass is 9.88. The Kier molecular flexibility index (Phi) is 1.99. The number of ether oxygens (including phenoxy) is 1. The van der Waals surface area contributed by atoms with Crippen LogP contribution in [0.1, 0.15) is 38.5 Å². The third-order valence-electron chi connectivity index (χ3n) is 3.95. The molecule has 2 heteroatoms. The van der Waals surface area contributed by atoms with Crippen LogP contribution in [0.3, 0.4) is 0 Å². The number of hydrogen-bond donors (Lipinski definition) is 0. The van der Waals surface area contributed by atoms with Crippen LogP contribution in [0, 0.1) is 11.8 Å². The second-order valence-electron chi connectivity index (χ2n) is 4.94. The van der Waals surface area contributed by atoms with Crippen molar-refractivity contribution in [3.8, 4) is 0 Å². The van der Waals surface area contributed by atoms with Crippen molar-refractivity contribution < 1.29 is 4.74 Å². The Morgan fingerprint density at radius 2 is 1.69 bits per heavy atom. The van der Waals surface area contributed by atoms with Crippen molar-refractivity contribution in [2.75, 3.05) is 5.33 Å². The zero-order valence-electron chi connectivity index (χ0n) is 7.97. The van der Waals surface area contributed by atoms with Gasteiger partial charge in [-0.2, -0.15) is 0 Å². The van der Waals surface area contributed by atoms with Crippen molar-refractivity contribution >= 4 is 15.9 Å².